The molecule has 0 N–H and O–H groups in total. The van der Waals surface area contributed by atoms with Crippen LogP contribution in [0.1, 0.15) is 5.56 Å². The van der Waals surface area contributed by atoms with Gasteiger partial charge in [-0.1, -0.05) is 11.6 Å². The topological polar surface area (TPSA) is 55.2 Å². The van der Waals surface area contributed by atoms with Gasteiger partial charge in [-0.2, -0.15) is 15.6 Å². The Bertz CT molecular complexity index is 634. The maximum Gasteiger partial charge on any atom is 0.263 e. The maximum absolute atomic E-state index is 12.3. The van der Waals surface area contributed by atoms with Gasteiger partial charge in [0.05, 0.1) is 6.33 Å². The van der Waals surface area contributed by atoms with E-state index in [-0.39, 0.29) is 10.2 Å². The van der Waals surface area contributed by atoms with Crippen LogP contribution in [0.4, 0.5) is 0 Å². The smallest absolute Gasteiger partial charge is 0.263 e. The minimum absolute atomic E-state index is 0.107. The van der Waals surface area contributed by atoms with E-state index in [1.807, 2.05) is 16.8 Å². The van der Waals surface area contributed by atoms with Crippen molar-refractivity contribution < 1.29 is 8.42 Å². The van der Waals surface area contributed by atoms with Gasteiger partial charge in [-0.15, -0.1) is 0 Å². The molecule has 0 saturated carbocycles. The first-order chi connectivity index (χ1) is 8.43. The van der Waals surface area contributed by atoms with Crippen molar-refractivity contribution in [3.63, 3.8) is 0 Å². The molecule has 0 aromatic carbocycles. The Hall–Kier alpha value is -0.890. The molecule has 0 aliphatic rings. The third-order valence-electron chi connectivity index (χ3n) is 2.47. The average molecular weight is 306 g/mol. The molecule has 0 saturated heterocycles. The van der Waals surface area contributed by atoms with Gasteiger partial charge < -0.3 is 4.57 Å². The minimum atomic E-state index is -3.65. The van der Waals surface area contributed by atoms with Crippen molar-refractivity contribution in [2.45, 2.75) is 11.6 Å². The van der Waals surface area contributed by atoms with E-state index in [9.17, 15) is 8.42 Å². The first-order valence-corrected chi connectivity index (χ1v) is 7.83. The van der Waals surface area contributed by atoms with Crippen LogP contribution in [0, 0.1) is 0 Å². The molecule has 2 rings (SSSR count). The molecule has 0 fully saturated rings. The van der Waals surface area contributed by atoms with Crippen molar-refractivity contribution in [2.75, 3.05) is 7.05 Å². The summed E-state index contributed by atoms with van der Waals surface area (Å²) in [5.74, 6) is 0. The molecule has 0 unspecified atom stereocenters. The Morgan fingerprint density at radius 1 is 1.56 bits per heavy atom. The lowest BCUT2D eigenvalue weighted by Crippen LogP contribution is -2.26. The highest BCUT2D eigenvalue weighted by Crippen LogP contribution is 2.23. The molecule has 2 heterocycles. The van der Waals surface area contributed by atoms with Crippen molar-refractivity contribution in [3.05, 3.63) is 33.9 Å². The zero-order chi connectivity index (χ0) is 13.3. The summed E-state index contributed by atoms with van der Waals surface area (Å²) in [6.07, 6.45) is 1.38. The molecule has 8 heteroatoms. The van der Waals surface area contributed by atoms with Crippen molar-refractivity contribution in [1.82, 2.24) is 13.9 Å². The molecule has 2 aromatic rings. The number of hydrogen-bond donors (Lipinski definition) is 0. The van der Waals surface area contributed by atoms with E-state index >= 15 is 0 Å². The van der Waals surface area contributed by atoms with Gasteiger partial charge in [0.2, 0.25) is 5.03 Å². The number of rotatable bonds is 4. The summed E-state index contributed by atoms with van der Waals surface area (Å²) < 4.78 is 27.2. The molecule has 5 nitrogen and oxygen atoms in total. The number of hydrogen-bond acceptors (Lipinski definition) is 4. The van der Waals surface area contributed by atoms with Crippen LogP contribution in [0.25, 0.3) is 0 Å². The minimum Gasteiger partial charge on any atom is -0.324 e. The predicted octanol–water partition coefficient (Wildman–Crippen LogP) is 1.96. The van der Waals surface area contributed by atoms with E-state index in [1.54, 1.807) is 7.05 Å². The number of sulfonamides is 1. The molecule has 18 heavy (non-hydrogen) atoms. The molecule has 0 bridgehead atoms. The largest absolute Gasteiger partial charge is 0.324 e. The Labute approximate surface area is 115 Å². The Morgan fingerprint density at radius 2 is 2.28 bits per heavy atom. The number of halogens is 1. The molecule has 0 atom stereocenters. The molecule has 0 spiro atoms. The van der Waals surface area contributed by atoms with E-state index in [2.05, 4.69) is 4.98 Å². The van der Waals surface area contributed by atoms with E-state index in [4.69, 9.17) is 11.6 Å². The van der Waals surface area contributed by atoms with Crippen LogP contribution >= 0.6 is 22.9 Å². The quantitative estimate of drug-likeness (QED) is 0.867. The summed E-state index contributed by atoms with van der Waals surface area (Å²) in [6.45, 7) is 0.304. The fraction of sp³-hybridized carbons (Fsp3) is 0.300. The first kappa shape index (κ1) is 13.5. The summed E-state index contributed by atoms with van der Waals surface area (Å²) in [6, 6.07) is 1.89. The predicted molar refractivity (Wildman–Crippen MR) is 71.2 cm³/mol. The van der Waals surface area contributed by atoms with Crippen LogP contribution in [0.2, 0.25) is 5.15 Å². The van der Waals surface area contributed by atoms with E-state index in [0.717, 1.165) is 5.56 Å². The van der Waals surface area contributed by atoms with Gasteiger partial charge in [0.25, 0.3) is 10.0 Å². The summed E-state index contributed by atoms with van der Waals surface area (Å²) in [7, 11) is -0.493. The molecular weight excluding hydrogens is 294 g/mol. The van der Waals surface area contributed by atoms with Gasteiger partial charge in [0.15, 0.2) is 0 Å². The van der Waals surface area contributed by atoms with E-state index in [0.29, 0.717) is 6.54 Å². The highest BCUT2D eigenvalue weighted by molar-refractivity contribution is 7.89. The maximum atomic E-state index is 12.3. The summed E-state index contributed by atoms with van der Waals surface area (Å²) >= 11 is 7.44. The summed E-state index contributed by atoms with van der Waals surface area (Å²) in [5.41, 5.74) is 0.943. The zero-order valence-electron chi connectivity index (χ0n) is 9.87. The lowest BCUT2D eigenvalue weighted by atomic mass is 10.3. The summed E-state index contributed by atoms with van der Waals surface area (Å²) in [4.78, 5) is 3.84. The monoisotopic (exact) mass is 305 g/mol. The van der Waals surface area contributed by atoms with Crippen molar-refractivity contribution in [1.29, 1.82) is 0 Å². The lowest BCUT2D eigenvalue weighted by molar-refractivity contribution is 0.465. The van der Waals surface area contributed by atoms with Crippen LogP contribution in [-0.2, 0) is 23.6 Å². The second-order valence-corrected chi connectivity index (χ2v) is 6.94. The molecule has 0 aliphatic heterocycles. The standard InChI is InChI=1S/C10H12ClN3O2S2/c1-13-7-12-10(9(13)11)18(15,16)14(2)5-8-3-4-17-6-8/h3-4,6-7H,5H2,1-2H3. The van der Waals surface area contributed by atoms with Crippen LogP contribution in [-0.4, -0.2) is 29.3 Å². The number of aryl methyl sites for hydroxylation is 1. The molecular formula is C10H12ClN3O2S2. The molecule has 0 radical (unpaired) electrons. The van der Waals surface area contributed by atoms with E-state index < -0.39 is 10.0 Å². The lowest BCUT2D eigenvalue weighted by Gasteiger charge is -2.15. The second-order valence-electron chi connectivity index (χ2n) is 3.84. The molecule has 0 aliphatic carbocycles. The Balaban J connectivity index is 2.28. The first-order valence-electron chi connectivity index (χ1n) is 5.07. The van der Waals surface area contributed by atoms with Crippen LogP contribution in [0.15, 0.2) is 28.2 Å². The van der Waals surface area contributed by atoms with Gasteiger partial charge in [-0.05, 0) is 22.4 Å². The highest BCUT2D eigenvalue weighted by atomic mass is 35.5. The Kier molecular flexibility index (Phi) is 3.76. The zero-order valence-corrected chi connectivity index (χ0v) is 12.3. The number of aromatic nitrogens is 2. The van der Waals surface area contributed by atoms with Gasteiger partial charge in [-0.25, -0.2) is 13.4 Å². The molecule has 2 aromatic heterocycles. The van der Waals surface area contributed by atoms with Gasteiger partial charge in [0, 0.05) is 20.6 Å². The van der Waals surface area contributed by atoms with Gasteiger partial charge >= 0.3 is 0 Å². The van der Waals surface area contributed by atoms with Crippen molar-refractivity contribution in [2.24, 2.45) is 7.05 Å². The van der Waals surface area contributed by atoms with Crippen LogP contribution < -0.4 is 0 Å². The fourth-order valence-electron chi connectivity index (χ4n) is 1.44. The normalized spacial score (nSPS) is 12.2. The van der Waals surface area contributed by atoms with Crippen molar-refractivity contribution >= 4 is 33.0 Å². The third-order valence-corrected chi connectivity index (χ3v) is 5.50. The van der Waals surface area contributed by atoms with Crippen LogP contribution in [0.3, 0.4) is 0 Å². The second kappa shape index (κ2) is 5.00. The van der Waals surface area contributed by atoms with Crippen LogP contribution in [0.5, 0.6) is 0 Å². The van der Waals surface area contributed by atoms with Gasteiger partial charge in [0.1, 0.15) is 5.15 Å². The highest BCUT2D eigenvalue weighted by Gasteiger charge is 2.27. The fourth-order valence-corrected chi connectivity index (χ4v) is 3.64. The number of nitrogens with zero attached hydrogens (tertiary/aromatic N) is 3. The van der Waals surface area contributed by atoms with Gasteiger partial charge in [-0.3, -0.25) is 0 Å². The molecule has 98 valence electrons. The SMILES string of the molecule is CN(Cc1ccsc1)S(=O)(=O)c1ncn(C)c1Cl. The molecule has 0 amide bonds. The average Bonchev–Trinajstić information content (AvgIpc) is 2.91. The van der Waals surface area contributed by atoms with Crippen molar-refractivity contribution in [3.8, 4) is 0 Å². The third kappa shape index (κ3) is 2.44. The van der Waals surface area contributed by atoms with E-state index in [1.165, 1.54) is 33.6 Å². The summed E-state index contributed by atoms with van der Waals surface area (Å²) in [5, 5.41) is 3.83. The number of thiophene rings is 1. The Morgan fingerprint density at radius 3 is 2.78 bits per heavy atom. The number of imidazole rings is 1.